The summed E-state index contributed by atoms with van der Waals surface area (Å²) in [6.07, 6.45) is 5.43. The summed E-state index contributed by atoms with van der Waals surface area (Å²) in [5.74, 6) is 0.544. The predicted octanol–water partition coefficient (Wildman–Crippen LogP) is 1.36. The second kappa shape index (κ2) is 5.28. The van der Waals surface area contributed by atoms with Crippen LogP contribution < -0.4 is 5.32 Å². The van der Waals surface area contributed by atoms with Crippen LogP contribution in [0.4, 0.5) is 0 Å². The summed E-state index contributed by atoms with van der Waals surface area (Å²) in [6.45, 7) is 0.242. The molecule has 1 aromatic rings. The first-order valence-electron chi connectivity index (χ1n) is 8.99. The van der Waals surface area contributed by atoms with Gasteiger partial charge in [0.25, 0.3) is 0 Å². The van der Waals surface area contributed by atoms with Crippen molar-refractivity contribution in [2.45, 2.75) is 13.0 Å². The van der Waals surface area contributed by atoms with Crippen LogP contribution in [0.25, 0.3) is 0 Å². The Kier molecular flexibility index (Phi) is 3.14. The minimum Gasteiger partial charge on any atom is -0.350 e. The normalized spacial score (nSPS) is 37.0. The molecule has 6 unspecified atom stereocenters. The van der Waals surface area contributed by atoms with Gasteiger partial charge in [-0.25, -0.2) is 0 Å². The lowest BCUT2D eigenvalue weighted by Crippen LogP contribution is -2.41. The van der Waals surface area contributed by atoms with Gasteiger partial charge in [-0.2, -0.15) is 0 Å². The first-order chi connectivity index (χ1) is 12.1. The van der Waals surface area contributed by atoms with E-state index in [1.165, 1.54) is 4.90 Å². The lowest BCUT2D eigenvalue weighted by atomic mass is 9.63. The number of allylic oxidation sites excluding steroid dienone is 2. The molecule has 6 atom stereocenters. The molecule has 1 heterocycles. The second-order valence-electron chi connectivity index (χ2n) is 7.68. The van der Waals surface area contributed by atoms with Crippen molar-refractivity contribution in [1.29, 1.82) is 0 Å². The lowest BCUT2D eigenvalue weighted by Gasteiger charge is -2.37. The minimum absolute atomic E-state index is 0.144. The fourth-order valence-electron chi connectivity index (χ4n) is 5.17. The molecule has 1 saturated heterocycles. The number of rotatable bonds is 4. The number of nitrogens with zero attached hydrogens (tertiary/aromatic N) is 1. The topological polar surface area (TPSA) is 66.5 Å². The number of likely N-dealkylation sites (tertiary alicyclic amines) is 1. The Morgan fingerprint density at radius 3 is 2.20 bits per heavy atom. The SMILES string of the molecule is O=C(CN1C(=O)C2C3C=CC(C4CC34)C2C1=O)NCc1ccccc1. The van der Waals surface area contributed by atoms with Gasteiger partial charge in [-0.15, -0.1) is 0 Å². The summed E-state index contributed by atoms with van der Waals surface area (Å²) in [6, 6.07) is 9.59. The van der Waals surface area contributed by atoms with Crippen molar-refractivity contribution in [3.63, 3.8) is 0 Å². The molecule has 0 radical (unpaired) electrons. The summed E-state index contributed by atoms with van der Waals surface area (Å²) < 4.78 is 0. The molecule has 5 aliphatic rings. The third-order valence-corrected chi connectivity index (χ3v) is 6.39. The molecular formula is C20H20N2O3. The largest absolute Gasteiger partial charge is 0.350 e. The molecule has 1 aromatic carbocycles. The maximum absolute atomic E-state index is 12.8. The Morgan fingerprint density at radius 2 is 1.60 bits per heavy atom. The van der Waals surface area contributed by atoms with Crippen molar-refractivity contribution >= 4 is 17.7 Å². The zero-order valence-corrected chi connectivity index (χ0v) is 13.8. The molecule has 5 heteroatoms. The van der Waals surface area contributed by atoms with Gasteiger partial charge in [0.05, 0.1) is 11.8 Å². The monoisotopic (exact) mass is 336 g/mol. The van der Waals surface area contributed by atoms with Gasteiger partial charge < -0.3 is 5.32 Å². The van der Waals surface area contributed by atoms with E-state index in [1.54, 1.807) is 0 Å². The van der Waals surface area contributed by atoms with Crippen LogP contribution in [0.5, 0.6) is 0 Å². The number of carbonyl (C=O) groups is 3. The van der Waals surface area contributed by atoms with E-state index in [0.29, 0.717) is 18.4 Å². The molecular weight excluding hydrogens is 316 g/mol. The highest BCUT2D eigenvalue weighted by Crippen LogP contribution is 2.65. The van der Waals surface area contributed by atoms with E-state index in [9.17, 15) is 14.4 Å². The molecule has 2 bridgehead atoms. The van der Waals surface area contributed by atoms with Crippen LogP contribution in [0.3, 0.4) is 0 Å². The first kappa shape index (κ1) is 14.9. The van der Waals surface area contributed by atoms with Crippen LogP contribution in [0.1, 0.15) is 12.0 Å². The van der Waals surface area contributed by atoms with E-state index in [0.717, 1.165) is 12.0 Å². The average Bonchev–Trinajstić information content (AvgIpc) is 3.42. The Bertz CT molecular complexity index is 751. The van der Waals surface area contributed by atoms with E-state index in [-0.39, 0.29) is 47.9 Å². The number of carbonyl (C=O) groups excluding carboxylic acids is 3. The fraction of sp³-hybridized carbons (Fsp3) is 0.450. The van der Waals surface area contributed by atoms with Gasteiger partial charge in [-0.05, 0) is 35.7 Å². The number of hydrogen-bond donors (Lipinski definition) is 1. The summed E-state index contributed by atoms with van der Waals surface area (Å²) in [7, 11) is 0. The van der Waals surface area contributed by atoms with Crippen molar-refractivity contribution < 1.29 is 14.4 Å². The highest BCUT2D eigenvalue weighted by atomic mass is 16.2. The molecule has 6 rings (SSSR count). The quantitative estimate of drug-likeness (QED) is 0.667. The molecule has 128 valence electrons. The van der Waals surface area contributed by atoms with E-state index < -0.39 is 0 Å². The standard InChI is InChI=1S/C20H20N2O3/c23-16(21-9-11-4-2-1-3-5-11)10-22-19(24)17-12-6-7-13(15-8-14(12)15)18(17)20(22)25/h1-7,12-15,17-18H,8-10H2,(H,21,23). The molecule has 1 N–H and O–H groups in total. The average molecular weight is 336 g/mol. The molecule has 3 amide bonds. The number of amides is 3. The van der Waals surface area contributed by atoms with Crippen molar-refractivity contribution in [3.05, 3.63) is 48.0 Å². The number of nitrogens with one attached hydrogen (secondary N) is 1. The minimum atomic E-state index is -0.283. The molecule has 25 heavy (non-hydrogen) atoms. The van der Waals surface area contributed by atoms with E-state index in [1.807, 2.05) is 30.3 Å². The molecule has 0 spiro atoms. The van der Waals surface area contributed by atoms with Gasteiger partial charge >= 0.3 is 0 Å². The van der Waals surface area contributed by atoms with Crippen LogP contribution in [-0.2, 0) is 20.9 Å². The van der Waals surface area contributed by atoms with Crippen molar-refractivity contribution in [1.82, 2.24) is 10.2 Å². The van der Waals surface area contributed by atoms with Crippen LogP contribution in [0, 0.1) is 35.5 Å². The van der Waals surface area contributed by atoms with E-state index in [4.69, 9.17) is 0 Å². The zero-order valence-electron chi connectivity index (χ0n) is 13.8. The van der Waals surface area contributed by atoms with E-state index >= 15 is 0 Å². The lowest BCUT2D eigenvalue weighted by molar-refractivity contribution is -0.143. The maximum Gasteiger partial charge on any atom is 0.240 e. The van der Waals surface area contributed by atoms with Gasteiger partial charge in [-0.1, -0.05) is 42.5 Å². The molecule has 5 nitrogen and oxygen atoms in total. The summed E-state index contributed by atoms with van der Waals surface area (Å²) >= 11 is 0. The Morgan fingerprint density at radius 1 is 1.00 bits per heavy atom. The molecule has 0 aromatic heterocycles. The van der Waals surface area contributed by atoms with Gasteiger partial charge in [0, 0.05) is 6.54 Å². The third-order valence-electron chi connectivity index (χ3n) is 6.39. The Labute approximate surface area is 146 Å². The highest BCUT2D eigenvalue weighted by molar-refractivity contribution is 6.08. The summed E-state index contributed by atoms with van der Waals surface area (Å²) in [5.41, 5.74) is 0.992. The predicted molar refractivity (Wildman–Crippen MR) is 89.7 cm³/mol. The second-order valence-corrected chi connectivity index (χ2v) is 7.68. The van der Waals surface area contributed by atoms with Crippen LogP contribution >= 0.6 is 0 Å². The first-order valence-corrected chi connectivity index (χ1v) is 8.99. The van der Waals surface area contributed by atoms with Gasteiger partial charge in [0.2, 0.25) is 17.7 Å². The molecule has 1 aliphatic heterocycles. The molecule has 3 fully saturated rings. The summed E-state index contributed by atoms with van der Waals surface area (Å²) in [5, 5.41) is 2.80. The Balaban J connectivity index is 1.27. The Hall–Kier alpha value is -2.43. The zero-order chi connectivity index (χ0) is 17.1. The van der Waals surface area contributed by atoms with Gasteiger partial charge in [-0.3, -0.25) is 19.3 Å². The summed E-state index contributed by atoms with van der Waals surface area (Å²) in [4.78, 5) is 39.1. The van der Waals surface area contributed by atoms with Crippen molar-refractivity contribution in [2.24, 2.45) is 35.5 Å². The number of benzene rings is 1. The van der Waals surface area contributed by atoms with E-state index in [2.05, 4.69) is 17.5 Å². The molecule has 4 aliphatic carbocycles. The van der Waals surface area contributed by atoms with Gasteiger partial charge in [0.1, 0.15) is 6.54 Å². The van der Waals surface area contributed by atoms with Crippen LogP contribution in [-0.4, -0.2) is 29.2 Å². The highest BCUT2D eigenvalue weighted by Gasteiger charge is 2.67. The van der Waals surface area contributed by atoms with Gasteiger partial charge in [0.15, 0.2) is 0 Å². The van der Waals surface area contributed by atoms with Crippen LogP contribution in [0.2, 0.25) is 0 Å². The van der Waals surface area contributed by atoms with Crippen molar-refractivity contribution in [2.75, 3.05) is 6.54 Å². The smallest absolute Gasteiger partial charge is 0.240 e. The molecule has 2 saturated carbocycles. The van der Waals surface area contributed by atoms with Crippen LogP contribution in [0.15, 0.2) is 42.5 Å². The number of imide groups is 1. The maximum atomic E-state index is 12.8. The third kappa shape index (κ3) is 2.18. The van der Waals surface area contributed by atoms with Crippen molar-refractivity contribution in [3.8, 4) is 0 Å². The fourth-order valence-corrected chi connectivity index (χ4v) is 5.17. The number of hydrogen-bond acceptors (Lipinski definition) is 3.